The van der Waals surface area contributed by atoms with Crippen LogP contribution in [0.15, 0.2) is 46.9 Å². The molecule has 92 valence electrons. The highest BCUT2D eigenvalue weighted by atomic mass is 79.9. The smallest absolute Gasteiger partial charge is 0.139 e. The molecule has 2 rings (SSSR count). The molecule has 2 aromatic rings. The average molecular weight is 309 g/mol. The maximum Gasteiger partial charge on any atom is 0.139 e. The quantitative estimate of drug-likeness (QED) is 0.671. The molecule has 3 nitrogen and oxygen atoms in total. The topological polar surface area (TPSA) is 59.1 Å². The molecule has 0 aliphatic heterocycles. The van der Waals surface area contributed by atoms with E-state index in [9.17, 15) is 4.39 Å². The van der Waals surface area contributed by atoms with Crippen LogP contribution in [-0.4, -0.2) is 5.84 Å². The second-order valence-corrected chi connectivity index (χ2v) is 4.53. The summed E-state index contributed by atoms with van der Waals surface area (Å²) in [4.78, 5) is 0. The van der Waals surface area contributed by atoms with E-state index in [-0.39, 0.29) is 11.7 Å². The number of rotatable bonds is 3. The lowest BCUT2D eigenvalue weighted by Gasteiger charge is -2.10. The van der Waals surface area contributed by atoms with Gasteiger partial charge in [-0.1, -0.05) is 15.9 Å². The average Bonchev–Trinajstić information content (AvgIpc) is 2.32. The summed E-state index contributed by atoms with van der Waals surface area (Å²) in [5.41, 5.74) is 5.96. The molecule has 0 aliphatic carbocycles. The molecular formula is C13H10BrFN2O. The summed E-state index contributed by atoms with van der Waals surface area (Å²) in [6.07, 6.45) is 0. The van der Waals surface area contributed by atoms with Crippen molar-refractivity contribution in [2.45, 2.75) is 0 Å². The number of hydrogen-bond donors (Lipinski definition) is 2. The minimum atomic E-state index is -0.330. The van der Waals surface area contributed by atoms with Gasteiger partial charge in [0.05, 0.1) is 5.56 Å². The SMILES string of the molecule is N=C(N)c1ccc(Br)cc1Oc1ccc(F)cc1. The Labute approximate surface area is 112 Å². The molecule has 2 aromatic carbocycles. The van der Waals surface area contributed by atoms with Gasteiger partial charge in [0.2, 0.25) is 0 Å². The van der Waals surface area contributed by atoms with Gasteiger partial charge in [0.15, 0.2) is 0 Å². The van der Waals surface area contributed by atoms with Gasteiger partial charge < -0.3 is 10.5 Å². The molecule has 5 heteroatoms. The number of nitrogens with two attached hydrogens (primary N) is 1. The minimum absolute atomic E-state index is 0.0837. The van der Waals surface area contributed by atoms with Crippen LogP contribution < -0.4 is 10.5 Å². The van der Waals surface area contributed by atoms with Crippen LogP contribution in [0.1, 0.15) is 5.56 Å². The van der Waals surface area contributed by atoms with E-state index in [1.807, 2.05) is 0 Å². The first kappa shape index (κ1) is 12.6. The number of halogens is 2. The van der Waals surface area contributed by atoms with E-state index in [1.54, 1.807) is 18.2 Å². The molecule has 0 heterocycles. The van der Waals surface area contributed by atoms with Crippen molar-refractivity contribution in [3.05, 3.63) is 58.3 Å². The second kappa shape index (κ2) is 5.18. The fourth-order valence-corrected chi connectivity index (χ4v) is 1.77. The molecular weight excluding hydrogens is 299 g/mol. The van der Waals surface area contributed by atoms with Crippen molar-refractivity contribution in [2.75, 3.05) is 0 Å². The zero-order valence-electron chi connectivity index (χ0n) is 9.28. The van der Waals surface area contributed by atoms with E-state index in [0.717, 1.165) is 4.47 Å². The molecule has 18 heavy (non-hydrogen) atoms. The molecule has 0 radical (unpaired) electrons. The Morgan fingerprint density at radius 1 is 1.17 bits per heavy atom. The predicted molar refractivity (Wildman–Crippen MR) is 71.6 cm³/mol. The Hall–Kier alpha value is -1.88. The summed E-state index contributed by atoms with van der Waals surface area (Å²) in [7, 11) is 0. The number of hydrogen-bond acceptors (Lipinski definition) is 2. The van der Waals surface area contributed by atoms with Gasteiger partial charge in [-0.05, 0) is 42.5 Å². The molecule has 0 saturated heterocycles. The van der Waals surface area contributed by atoms with Crippen LogP contribution in [0.25, 0.3) is 0 Å². The van der Waals surface area contributed by atoms with Crippen LogP contribution in [0.5, 0.6) is 11.5 Å². The van der Waals surface area contributed by atoms with Crippen LogP contribution >= 0.6 is 15.9 Å². The summed E-state index contributed by atoms with van der Waals surface area (Å²) in [5.74, 6) is 0.517. The molecule has 0 bridgehead atoms. The fraction of sp³-hybridized carbons (Fsp3) is 0. The molecule has 0 unspecified atom stereocenters. The van der Waals surface area contributed by atoms with Crippen LogP contribution in [0.3, 0.4) is 0 Å². The number of nitrogens with one attached hydrogen (secondary N) is 1. The van der Waals surface area contributed by atoms with Crippen molar-refractivity contribution in [3.8, 4) is 11.5 Å². The second-order valence-electron chi connectivity index (χ2n) is 3.61. The van der Waals surface area contributed by atoms with Crippen LogP contribution in [0, 0.1) is 11.2 Å². The lowest BCUT2D eigenvalue weighted by atomic mass is 10.2. The molecule has 0 aromatic heterocycles. The molecule has 0 fully saturated rings. The number of nitrogen functional groups attached to an aromatic ring is 1. The van der Waals surface area contributed by atoms with Crippen LogP contribution in [0.2, 0.25) is 0 Å². The maximum atomic E-state index is 12.8. The Balaban J connectivity index is 2.35. The van der Waals surface area contributed by atoms with Crippen molar-refractivity contribution in [3.63, 3.8) is 0 Å². The van der Waals surface area contributed by atoms with Gasteiger partial charge >= 0.3 is 0 Å². The van der Waals surface area contributed by atoms with Gasteiger partial charge in [-0.2, -0.15) is 0 Å². The summed E-state index contributed by atoms with van der Waals surface area (Å²) >= 11 is 3.32. The first-order valence-electron chi connectivity index (χ1n) is 5.13. The van der Waals surface area contributed by atoms with Crippen molar-refractivity contribution < 1.29 is 9.13 Å². The first-order valence-corrected chi connectivity index (χ1v) is 5.93. The Morgan fingerprint density at radius 3 is 2.44 bits per heavy atom. The normalized spacial score (nSPS) is 10.1. The lowest BCUT2D eigenvalue weighted by Crippen LogP contribution is -2.12. The third kappa shape index (κ3) is 2.87. The third-order valence-electron chi connectivity index (χ3n) is 2.28. The lowest BCUT2D eigenvalue weighted by molar-refractivity contribution is 0.479. The first-order chi connectivity index (χ1) is 8.56. The van der Waals surface area contributed by atoms with E-state index >= 15 is 0 Å². The Kier molecular flexibility index (Phi) is 3.62. The van der Waals surface area contributed by atoms with E-state index in [1.165, 1.54) is 24.3 Å². The van der Waals surface area contributed by atoms with Crippen molar-refractivity contribution in [2.24, 2.45) is 5.73 Å². The molecule has 0 amide bonds. The van der Waals surface area contributed by atoms with E-state index in [0.29, 0.717) is 17.1 Å². The predicted octanol–water partition coefficient (Wildman–Crippen LogP) is 3.66. The fourth-order valence-electron chi connectivity index (χ4n) is 1.43. The standard InChI is InChI=1S/C13H10BrFN2O/c14-8-1-6-11(13(16)17)12(7-8)18-10-4-2-9(15)3-5-10/h1-7H,(H3,16,17). The Bertz CT molecular complexity index is 584. The highest BCUT2D eigenvalue weighted by Crippen LogP contribution is 2.28. The van der Waals surface area contributed by atoms with E-state index in [2.05, 4.69) is 15.9 Å². The summed E-state index contributed by atoms with van der Waals surface area (Å²) < 4.78 is 19.2. The van der Waals surface area contributed by atoms with Crippen LogP contribution in [0.4, 0.5) is 4.39 Å². The molecule has 0 spiro atoms. The zero-order valence-corrected chi connectivity index (χ0v) is 10.9. The monoisotopic (exact) mass is 308 g/mol. The molecule has 0 aliphatic rings. The molecule has 0 atom stereocenters. The largest absolute Gasteiger partial charge is 0.457 e. The van der Waals surface area contributed by atoms with Crippen molar-refractivity contribution >= 4 is 21.8 Å². The van der Waals surface area contributed by atoms with Gasteiger partial charge in [0.25, 0.3) is 0 Å². The van der Waals surface area contributed by atoms with Gasteiger partial charge in [0.1, 0.15) is 23.2 Å². The molecule has 0 saturated carbocycles. The number of amidine groups is 1. The van der Waals surface area contributed by atoms with Gasteiger partial charge in [-0.3, -0.25) is 5.41 Å². The van der Waals surface area contributed by atoms with Crippen LogP contribution in [-0.2, 0) is 0 Å². The van der Waals surface area contributed by atoms with E-state index < -0.39 is 0 Å². The highest BCUT2D eigenvalue weighted by molar-refractivity contribution is 9.10. The van der Waals surface area contributed by atoms with Crippen molar-refractivity contribution in [1.82, 2.24) is 0 Å². The third-order valence-corrected chi connectivity index (χ3v) is 2.77. The van der Waals surface area contributed by atoms with Gasteiger partial charge in [-0.15, -0.1) is 0 Å². The highest BCUT2D eigenvalue weighted by Gasteiger charge is 2.08. The summed E-state index contributed by atoms with van der Waals surface area (Å²) in [6, 6.07) is 10.8. The molecule has 3 N–H and O–H groups in total. The minimum Gasteiger partial charge on any atom is -0.457 e. The Morgan fingerprint density at radius 2 is 1.83 bits per heavy atom. The zero-order chi connectivity index (χ0) is 13.1. The summed E-state index contributed by atoms with van der Waals surface area (Å²) in [5, 5.41) is 7.47. The summed E-state index contributed by atoms with van der Waals surface area (Å²) in [6.45, 7) is 0. The number of benzene rings is 2. The number of ether oxygens (including phenoxy) is 1. The van der Waals surface area contributed by atoms with Crippen molar-refractivity contribution in [1.29, 1.82) is 5.41 Å². The van der Waals surface area contributed by atoms with Gasteiger partial charge in [0, 0.05) is 4.47 Å². The maximum absolute atomic E-state index is 12.8. The van der Waals surface area contributed by atoms with Gasteiger partial charge in [-0.25, -0.2) is 4.39 Å². The van der Waals surface area contributed by atoms with E-state index in [4.69, 9.17) is 15.9 Å².